The van der Waals surface area contributed by atoms with Gasteiger partial charge in [0.05, 0.1) is 11.4 Å². The summed E-state index contributed by atoms with van der Waals surface area (Å²) in [6.07, 6.45) is -4.53. The molecule has 0 aliphatic rings. The fourth-order valence-corrected chi connectivity index (χ4v) is 2.48. The number of halogens is 3. The number of nitrogens with one attached hydrogen (secondary N) is 1. The summed E-state index contributed by atoms with van der Waals surface area (Å²) < 4.78 is 40.6. The van der Waals surface area contributed by atoms with Gasteiger partial charge in [0.25, 0.3) is 0 Å². The average molecular weight is 362 g/mol. The summed E-state index contributed by atoms with van der Waals surface area (Å²) in [6, 6.07) is 16.4. The summed E-state index contributed by atoms with van der Waals surface area (Å²) in [7, 11) is 0. The maximum atomic E-state index is 13.1. The fourth-order valence-electron chi connectivity index (χ4n) is 2.36. The number of alkyl halides is 3. The van der Waals surface area contributed by atoms with Crippen LogP contribution in [0, 0.1) is 0 Å². The van der Waals surface area contributed by atoms with Crippen LogP contribution in [0.5, 0.6) is 0 Å². The Bertz CT molecular complexity index is 887. The molecule has 0 aliphatic heterocycles. The highest BCUT2D eigenvalue weighted by Gasteiger charge is 2.35. The van der Waals surface area contributed by atoms with Crippen LogP contribution in [0.15, 0.2) is 60.7 Å². The highest BCUT2D eigenvalue weighted by molar-refractivity contribution is 7.80. The van der Waals surface area contributed by atoms with Gasteiger partial charge in [-0.25, -0.2) is 4.68 Å². The van der Waals surface area contributed by atoms with Crippen LogP contribution in [0.1, 0.15) is 5.69 Å². The molecule has 0 saturated carbocycles. The van der Waals surface area contributed by atoms with Crippen LogP contribution in [0.4, 0.5) is 18.9 Å². The van der Waals surface area contributed by atoms with Crippen molar-refractivity contribution in [1.82, 2.24) is 9.78 Å². The van der Waals surface area contributed by atoms with Crippen molar-refractivity contribution in [2.45, 2.75) is 6.18 Å². The predicted molar refractivity (Wildman–Crippen MR) is 94.4 cm³/mol. The number of anilines is 1. The van der Waals surface area contributed by atoms with Gasteiger partial charge in [-0.05, 0) is 42.5 Å². The van der Waals surface area contributed by atoms with E-state index in [1.54, 1.807) is 54.6 Å². The molecule has 0 bridgehead atoms. The number of aromatic nitrogens is 2. The second-order valence-electron chi connectivity index (χ2n) is 5.23. The minimum absolute atomic E-state index is 0.112. The first-order chi connectivity index (χ1) is 11.8. The molecule has 4 nitrogen and oxygen atoms in total. The Balaban J connectivity index is 2.08. The number of para-hydroxylation sites is 1. The third kappa shape index (κ3) is 3.80. The van der Waals surface area contributed by atoms with E-state index in [0.29, 0.717) is 22.6 Å². The molecule has 3 N–H and O–H groups in total. The SMILES string of the molecule is NC(=S)Nc1ccc(-c2cc(C(F)(F)F)nn2-c2ccccc2)cc1. The van der Waals surface area contributed by atoms with Crippen LogP contribution in [0.2, 0.25) is 0 Å². The summed E-state index contributed by atoms with van der Waals surface area (Å²) >= 11 is 4.76. The lowest BCUT2D eigenvalue weighted by atomic mass is 10.1. The van der Waals surface area contributed by atoms with Gasteiger partial charge in [-0.15, -0.1) is 0 Å². The largest absolute Gasteiger partial charge is 0.435 e. The van der Waals surface area contributed by atoms with Crippen molar-refractivity contribution in [3.8, 4) is 16.9 Å². The van der Waals surface area contributed by atoms with Crippen molar-refractivity contribution < 1.29 is 13.2 Å². The van der Waals surface area contributed by atoms with Crippen LogP contribution in [-0.2, 0) is 6.18 Å². The molecular weight excluding hydrogens is 349 g/mol. The van der Waals surface area contributed by atoms with Gasteiger partial charge in [-0.2, -0.15) is 18.3 Å². The van der Waals surface area contributed by atoms with Crippen LogP contribution >= 0.6 is 12.2 Å². The van der Waals surface area contributed by atoms with Gasteiger partial charge >= 0.3 is 6.18 Å². The topological polar surface area (TPSA) is 55.9 Å². The molecule has 0 aliphatic carbocycles. The Morgan fingerprint density at radius 3 is 2.24 bits per heavy atom. The fraction of sp³-hybridized carbons (Fsp3) is 0.0588. The molecule has 0 atom stereocenters. The van der Waals surface area contributed by atoms with E-state index in [1.165, 1.54) is 4.68 Å². The highest BCUT2D eigenvalue weighted by Crippen LogP contribution is 2.33. The number of nitrogens with zero attached hydrogens (tertiary/aromatic N) is 2. The van der Waals surface area contributed by atoms with E-state index in [-0.39, 0.29) is 5.11 Å². The summed E-state index contributed by atoms with van der Waals surface area (Å²) in [6.45, 7) is 0. The van der Waals surface area contributed by atoms with Gasteiger partial charge in [0, 0.05) is 11.3 Å². The standard InChI is InChI=1S/C17H13F3N4S/c18-17(19,20)15-10-14(24(23-15)13-4-2-1-3-5-13)11-6-8-12(9-7-11)22-16(21)25/h1-10H,(H3,21,22,25). The molecule has 0 spiro atoms. The van der Waals surface area contributed by atoms with Crippen molar-refractivity contribution in [2.24, 2.45) is 5.73 Å². The van der Waals surface area contributed by atoms with Crippen LogP contribution in [0.3, 0.4) is 0 Å². The van der Waals surface area contributed by atoms with Crippen molar-refractivity contribution in [3.05, 3.63) is 66.4 Å². The number of benzene rings is 2. The summed E-state index contributed by atoms with van der Waals surface area (Å²) in [5.41, 5.74) is 6.57. The van der Waals surface area contributed by atoms with Crippen molar-refractivity contribution in [3.63, 3.8) is 0 Å². The zero-order valence-corrected chi connectivity index (χ0v) is 13.6. The molecule has 0 unspecified atom stereocenters. The van der Waals surface area contributed by atoms with E-state index in [1.807, 2.05) is 0 Å². The molecule has 0 saturated heterocycles. The van der Waals surface area contributed by atoms with Gasteiger partial charge in [0.1, 0.15) is 0 Å². The van der Waals surface area contributed by atoms with E-state index < -0.39 is 11.9 Å². The molecular formula is C17H13F3N4S. The zero-order valence-electron chi connectivity index (χ0n) is 12.8. The van der Waals surface area contributed by atoms with E-state index in [4.69, 9.17) is 18.0 Å². The molecule has 3 rings (SSSR count). The molecule has 25 heavy (non-hydrogen) atoms. The predicted octanol–water partition coefficient (Wildman–Crippen LogP) is 4.21. The molecule has 3 aromatic rings. The van der Waals surface area contributed by atoms with Gasteiger partial charge in [0.2, 0.25) is 0 Å². The third-order valence-corrected chi connectivity index (χ3v) is 3.55. The van der Waals surface area contributed by atoms with Crippen molar-refractivity contribution in [1.29, 1.82) is 0 Å². The molecule has 128 valence electrons. The quantitative estimate of drug-likeness (QED) is 0.685. The van der Waals surface area contributed by atoms with E-state index in [2.05, 4.69) is 10.4 Å². The number of hydrogen-bond acceptors (Lipinski definition) is 2. The van der Waals surface area contributed by atoms with Crippen LogP contribution < -0.4 is 11.1 Å². The maximum Gasteiger partial charge on any atom is 0.435 e. The molecule has 0 amide bonds. The average Bonchev–Trinajstić information content (AvgIpc) is 3.01. The summed E-state index contributed by atoms with van der Waals surface area (Å²) in [5.74, 6) is 0. The second-order valence-corrected chi connectivity index (χ2v) is 5.67. The van der Waals surface area contributed by atoms with Crippen LogP contribution in [-0.4, -0.2) is 14.9 Å². The number of nitrogens with two attached hydrogens (primary N) is 1. The molecule has 0 radical (unpaired) electrons. The monoisotopic (exact) mass is 362 g/mol. The smallest absolute Gasteiger partial charge is 0.376 e. The first kappa shape index (κ1) is 17.0. The lowest BCUT2D eigenvalue weighted by Crippen LogP contribution is -2.18. The first-order valence-corrected chi connectivity index (χ1v) is 7.65. The second kappa shape index (κ2) is 6.56. The Morgan fingerprint density at radius 2 is 1.68 bits per heavy atom. The zero-order chi connectivity index (χ0) is 18.0. The van der Waals surface area contributed by atoms with E-state index in [0.717, 1.165) is 6.07 Å². The van der Waals surface area contributed by atoms with Gasteiger partial charge < -0.3 is 11.1 Å². The molecule has 8 heteroatoms. The normalized spacial score (nSPS) is 11.3. The van der Waals surface area contributed by atoms with E-state index in [9.17, 15) is 13.2 Å². The summed E-state index contributed by atoms with van der Waals surface area (Å²) in [5, 5.41) is 6.61. The lowest BCUT2D eigenvalue weighted by molar-refractivity contribution is -0.141. The minimum atomic E-state index is -4.53. The van der Waals surface area contributed by atoms with Gasteiger partial charge in [-0.1, -0.05) is 30.3 Å². The van der Waals surface area contributed by atoms with Crippen molar-refractivity contribution in [2.75, 3.05) is 5.32 Å². The summed E-state index contributed by atoms with van der Waals surface area (Å²) in [4.78, 5) is 0. The van der Waals surface area contributed by atoms with Crippen LogP contribution in [0.25, 0.3) is 16.9 Å². The Kier molecular flexibility index (Phi) is 4.45. The van der Waals surface area contributed by atoms with Crippen molar-refractivity contribution >= 4 is 23.0 Å². The number of rotatable bonds is 3. The molecule has 1 heterocycles. The molecule has 2 aromatic carbocycles. The van der Waals surface area contributed by atoms with E-state index >= 15 is 0 Å². The highest BCUT2D eigenvalue weighted by atomic mass is 32.1. The first-order valence-electron chi connectivity index (χ1n) is 7.24. The van der Waals surface area contributed by atoms with Gasteiger partial charge in [-0.3, -0.25) is 0 Å². The minimum Gasteiger partial charge on any atom is -0.376 e. The maximum absolute atomic E-state index is 13.1. The number of hydrogen-bond donors (Lipinski definition) is 2. The Morgan fingerprint density at radius 1 is 1.04 bits per heavy atom. The lowest BCUT2D eigenvalue weighted by Gasteiger charge is -2.09. The number of thiocarbonyl (C=S) groups is 1. The third-order valence-electron chi connectivity index (χ3n) is 3.45. The molecule has 0 fully saturated rings. The van der Waals surface area contributed by atoms with Gasteiger partial charge in [0.15, 0.2) is 10.8 Å². The Labute approximate surface area is 147 Å². The Hall–Kier alpha value is -2.87. The molecule has 1 aromatic heterocycles.